The van der Waals surface area contributed by atoms with Gasteiger partial charge in [-0.05, 0) is 65.2 Å². The number of hydrogen-bond acceptors (Lipinski definition) is 3. The van der Waals surface area contributed by atoms with Crippen LogP contribution >= 0.6 is 0 Å². The SMILES string of the molecule is CC(C)(C)OC(=O)N1C2CCC1CC(C(=O)CC1CC1)C2. The monoisotopic (exact) mass is 293 g/mol. The molecular formula is C17H27NO3. The van der Waals surface area contributed by atoms with Gasteiger partial charge in [0.25, 0.3) is 0 Å². The Balaban J connectivity index is 1.61. The van der Waals surface area contributed by atoms with Crippen LogP contribution in [0.3, 0.4) is 0 Å². The maximum atomic E-state index is 12.4. The van der Waals surface area contributed by atoms with Gasteiger partial charge in [0.2, 0.25) is 0 Å². The van der Waals surface area contributed by atoms with Crippen molar-refractivity contribution in [2.75, 3.05) is 0 Å². The summed E-state index contributed by atoms with van der Waals surface area (Å²) in [5.41, 5.74) is -0.449. The minimum absolute atomic E-state index is 0.182. The van der Waals surface area contributed by atoms with E-state index < -0.39 is 5.60 Å². The van der Waals surface area contributed by atoms with Crippen LogP contribution in [0.4, 0.5) is 4.79 Å². The van der Waals surface area contributed by atoms with Crippen molar-refractivity contribution in [1.29, 1.82) is 0 Å². The minimum Gasteiger partial charge on any atom is -0.444 e. The minimum atomic E-state index is -0.449. The van der Waals surface area contributed by atoms with Gasteiger partial charge < -0.3 is 9.64 Å². The molecule has 3 aliphatic rings. The van der Waals surface area contributed by atoms with E-state index in [1.54, 1.807) is 0 Å². The molecule has 0 N–H and O–H groups in total. The topological polar surface area (TPSA) is 46.6 Å². The van der Waals surface area contributed by atoms with E-state index in [9.17, 15) is 9.59 Å². The number of rotatable bonds is 3. The predicted molar refractivity (Wildman–Crippen MR) is 80.0 cm³/mol. The van der Waals surface area contributed by atoms with E-state index in [0.29, 0.717) is 11.7 Å². The van der Waals surface area contributed by atoms with Gasteiger partial charge in [-0.15, -0.1) is 0 Å². The summed E-state index contributed by atoms with van der Waals surface area (Å²) in [7, 11) is 0. The lowest BCUT2D eigenvalue weighted by molar-refractivity contribution is -0.125. The summed E-state index contributed by atoms with van der Waals surface area (Å²) in [4.78, 5) is 26.6. The molecule has 0 radical (unpaired) electrons. The number of fused-ring (bicyclic) bond motifs is 2. The number of ether oxygens (including phenoxy) is 1. The van der Waals surface area contributed by atoms with E-state index in [1.165, 1.54) is 12.8 Å². The molecule has 0 aromatic carbocycles. The summed E-state index contributed by atoms with van der Waals surface area (Å²) in [6.07, 6.45) is 6.79. The fourth-order valence-corrected chi connectivity index (χ4v) is 3.83. The van der Waals surface area contributed by atoms with Crippen LogP contribution in [0.25, 0.3) is 0 Å². The van der Waals surface area contributed by atoms with E-state index in [1.807, 2.05) is 25.7 Å². The van der Waals surface area contributed by atoms with Crippen molar-refractivity contribution in [1.82, 2.24) is 4.90 Å². The molecule has 0 aromatic rings. The van der Waals surface area contributed by atoms with Crippen molar-refractivity contribution in [2.24, 2.45) is 11.8 Å². The standard InChI is InChI=1S/C17H27NO3/c1-17(2,3)21-16(20)18-13-6-7-14(18)10-12(9-13)15(19)8-11-4-5-11/h11-14H,4-10H2,1-3H3. The van der Waals surface area contributed by atoms with Crippen LogP contribution in [0.1, 0.15) is 65.7 Å². The third-order valence-corrected chi connectivity index (χ3v) is 4.98. The van der Waals surface area contributed by atoms with Gasteiger partial charge in [-0.25, -0.2) is 4.79 Å². The molecule has 118 valence electrons. The highest BCUT2D eigenvalue weighted by atomic mass is 16.6. The molecule has 2 heterocycles. The fourth-order valence-electron chi connectivity index (χ4n) is 3.83. The second-order valence-electron chi connectivity index (χ2n) is 8.05. The lowest BCUT2D eigenvalue weighted by atomic mass is 9.85. The predicted octanol–water partition coefficient (Wildman–Crippen LogP) is 3.53. The van der Waals surface area contributed by atoms with Crippen LogP contribution in [0.5, 0.6) is 0 Å². The molecule has 0 spiro atoms. The first-order valence-electron chi connectivity index (χ1n) is 8.37. The molecule has 2 bridgehead atoms. The molecule has 2 aliphatic heterocycles. The van der Waals surface area contributed by atoms with Crippen LogP contribution < -0.4 is 0 Å². The lowest BCUT2D eigenvalue weighted by Gasteiger charge is -2.39. The maximum absolute atomic E-state index is 12.4. The van der Waals surface area contributed by atoms with Crippen molar-refractivity contribution < 1.29 is 14.3 Å². The van der Waals surface area contributed by atoms with Crippen LogP contribution in [-0.4, -0.2) is 34.5 Å². The number of carbonyl (C=O) groups excluding carboxylic acids is 2. The molecule has 0 aromatic heterocycles. The summed E-state index contributed by atoms with van der Waals surface area (Å²) in [5.74, 6) is 1.29. The fraction of sp³-hybridized carbons (Fsp3) is 0.882. The lowest BCUT2D eigenvalue weighted by Crippen LogP contribution is -2.49. The average molecular weight is 293 g/mol. The third-order valence-electron chi connectivity index (χ3n) is 4.98. The Morgan fingerprint density at radius 1 is 1.05 bits per heavy atom. The Hall–Kier alpha value is -1.06. The van der Waals surface area contributed by atoms with Gasteiger partial charge in [0, 0.05) is 24.4 Å². The summed E-state index contributed by atoms with van der Waals surface area (Å²) in [6.45, 7) is 5.70. The highest BCUT2D eigenvalue weighted by molar-refractivity contribution is 5.82. The van der Waals surface area contributed by atoms with E-state index in [-0.39, 0.29) is 24.1 Å². The van der Waals surface area contributed by atoms with Gasteiger partial charge in [-0.2, -0.15) is 0 Å². The van der Waals surface area contributed by atoms with E-state index in [2.05, 4.69) is 0 Å². The van der Waals surface area contributed by atoms with Crippen LogP contribution in [0.15, 0.2) is 0 Å². The number of Topliss-reactive ketones (excluding diaryl/α,β-unsaturated/α-hetero) is 1. The molecule has 1 amide bonds. The number of hydrogen-bond donors (Lipinski definition) is 0. The zero-order chi connectivity index (χ0) is 15.2. The zero-order valence-corrected chi connectivity index (χ0v) is 13.4. The highest BCUT2D eigenvalue weighted by Crippen LogP contribution is 2.42. The van der Waals surface area contributed by atoms with Crippen molar-refractivity contribution in [3.8, 4) is 0 Å². The van der Waals surface area contributed by atoms with Crippen LogP contribution in [0.2, 0.25) is 0 Å². The molecule has 4 heteroatoms. The normalized spacial score (nSPS) is 32.1. The van der Waals surface area contributed by atoms with Gasteiger partial charge in [-0.1, -0.05) is 0 Å². The molecule has 21 heavy (non-hydrogen) atoms. The largest absolute Gasteiger partial charge is 0.444 e. The summed E-state index contributed by atoms with van der Waals surface area (Å²) in [5, 5.41) is 0. The number of nitrogens with zero attached hydrogens (tertiary/aromatic N) is 1. The summed E-state index contributed by atoms with van der Waals surface area (Å²) < 4.78 is 5.53. The first kappa shape index (κ1) is 14.9. The van der Waals surface area contributed by atoms with Crippen LogP contribution in [0, 0.1) is 11.8 Å². The van der Waals surface area contributed by atoms with Crippen molar-refractivity contribution in [3.05, 3.63) is 0 Å². The molecule has 2 unspecified atom stereocenters. The van der Waals surface area contributed by atoms with Gasteiger partial charge >= 0.3 is 6.09 Å². The second kappa shape index (κ2) is 5.29. The second-order valence-corrected chi connectivity index (χ2v) is 8.05. The van der Waals surface area contributed by atoms with Gasteiger partial charge in [0.15, 0.2) is 0 Å². The molecule has 1 saturated carbocycles. The van der Waals surface area contributed by atoms with Gasteiger partial charge in [0.05, 0.1) is 0 Å². The number of amides is 1. The molecule has 3 rings (SSSR count). The number of ketones is 1. The molecule has 2 atom stereocenters. The Labute approximate surface area is 127 Å². The molecule has 4 nitrogen and oxygen atoms in total. The molecular weight excluding hydrogens is 266 g/mol. The van der Waals surface area contributed by atoms with Crippen LogP contribution in [-0.2, 0) is 9.53 Å². The number of carbonyl (C=O) groups is 2. The Kier molecular flexibility index (Phi) is 3.74. The summed E-state index contributed by atoms with van der Waals surface area (Å²) in [6, 6.07) is 0.429. The third kappa shape index (κ3) is 3.41. The maximum Gasteiger partial charge on any atom is 0.410 e. The van der Waals surface area contributed by atoms with E-state index in [0.717, 1.165) is 32.1 Å². The first-order valence-corrected chi connectivity index (χ1v) is 8.37. The summed E-state index contributed by atoms with van der Waals surface area (Å²) >= 11 is 0. The highest BCUT2D eigenvalue weighted by Gasteiger charge is 2.46. The smallest absolute Gasteiger partial charge is 0.410 e. The first-order chi connectivity index (χ1) is 9.83. The molecule has 1 aliphatic carbocycles. The van der Waals surface area contributed by atoms with E-state index in [4.69, 9.17) is 4.74 Å². The van der Waals surface area contributed by atoms with Gasteiger partial charge in [-0.3, -0.25) is 4.79 Å². The van der Waals surface area contributed by atoms with Crippen molar-refractivity contribution in [2.45, 2.75) is 83.4 Å². The van der Waals surface area contributed by atoms with E-state index >= 15 is 0 Å². The zero-order valence-electron chi connectivity index (χ0n) is 13.4. The Morgan fingerprint density at radius 3 is 2.10 bits per heavy atom. The molecule has 3 fully saturated rings. The molecule has 2 saturated heterocycles. The Bertz CT molecular complexity index is 422. The van der Waals surface area contributed by atoms with Crippen molar-refractivity contribution in [3.63, 3.8) is 0 Å². The quantitative estimate of drug-likeness (QED) is 0.799. The Morgan fingerprint density at radius 2 is 1.62 bits per heavy atom. The van der Waals surface area contributed by atoms with Crippen molar-refractivity contribution >= 4 is 11.9 Å². The van der Waals surface area contributed by atoms with Gasteiger partial charge in [0.1, 0.15) is 11.4 Å². The average Bonchev–Trinajstić information content (AvgIpc) is 3.12. The number of piperidine rings is 1.